The van der Waals surface area contributed by atoms with E-state index in [1.54, 1.807) is 6.20 Å². The predicted octanol–water partition coefficient (Wildman–Crippen LogP) is 1.24. The largest absolute Gasteiger partial charge is 0.444 e. The molecular formula is C11H18N2O2S. The molecule has 2 rings (SSSR count). The van der Waals surface area contributed by atoms with Crippen LogP contribution in [0.4, 0.5) is 0 Å². The SMILES string of the molecule is CCc1cnc(CNC2CCS(=O)CC2)o1. The van der Waals surface area contributed by atoms with Crippen molar-refractivity contribution in [1.29, 1.82) is 0 Å². The molecule has 1 aromatic rings. The van der Waals surface area contributed by atoms with E-state index in [0.717, 1.165) is 42.4 Å². The Morgan fingerprint density at radius 3 is 2.94 bits per heavy atom. The molecule has 1 aromatic heterocycles. The highest BCUT2D eigenvalue weighted by molar-refractivity contribution is 7.85. The van der Waals surface area contributed by atoms with Gasteiger partial charge in [-0.05, 0) is 12.8 Å². The predicted molar refractivity (Wildman–Crippen MR) is 63.6 cm³/mol. The lowest BCUT2D eigenvalue weighted by Gasteiger charge is -2.21. The van der Waals surface area contributed by atoms with E-state index in [4.69, 9.17) is 4.42 Å². The lowest BCUT2D eigenvalue weighted by atomic mass is 10.1. The Hall–Kier alpha value is -0.680. The topological polar surface area (TPSA) is 55.1 Å². The van der Waals surface area contributed by atoms with E-state index < -0.39 is 10.8 Å². The number of aryl methyl sites for hydroxylation is 1. The molecule has 1 aliphatic rings. The summed E-state index contributed by atoms with van der Waals surface area (Å²) < 4.78 is 16.7. The van der Waals surface area contributed by atoms with Gasteiger partial charge in [-0.3, -0.25) is 4.21 Å². The van der Waals surface area contributed by atoms with Crippen LogP contribution in [-0.4, -0.2) is 26.7 Å². The van der Waals surface area contributed by atoms with Crippen LogP contribution in [0.25, 0.3) is 0 Å². The zero-order valence-corrected chi connectivity index (χ0v) is 10.4. The summed E-state index contributed by atoms with van der Waals surface area (Å²) in [5, 5.41) is 3.41. The number of rotatable bonds is 4. The van der Waals surface area contributed by atoms with E-state index in [1.807, 2.05) is 6.92 Å². The van der Waals surface area contributed by atoms with Crippen molar-refractivity contribution < 1.29 is 8.63 Å². The Kier molecular flexibility index (Phi) is 4.12. The van der Waals surface area contributed by atoms with Crippen molar-refractivity contribution in [3.05, 3.63) is 17.8 Å². The summed E-state index contributed by atoms with van der Waals surface area (Å²) in [6.45, 7) is 2.73. The van der Waals surface area contributed by atoms with Crippen LogP contribution in [0, 0.1) is 0 Å². The van der Waals surface area contributed by atoms with E-state index in [9.17, 15) is 4.21 Å². The molecule has 0 amide bonds. The van der Waals surface area contributed by atoms with Gasteiger partial charge in [0.2, 0.25) is 5.89 Å². The van der Waals surface area contributed by atoms with Gasteiger partial charge in [0.15, 0.2) is 0 Å². The molecule has 0 atom stereocenters. The number of oxazole rings is 1. The third kappa shape index (κ3) is 3.15. The molecule has 1 saturated heterocycles. The fraction of sp³-hybridized carbons (Fsp3) is 0.727. The summed E-state index contributed by atoms with van der Waals surface area (Å²) in [5.41, 5.74) is 0. The van der Waals surface area contributed by atoms with E-state index in [0.29, 0.717) is 12.6 Å². The average Bonchev–Trinajstić information content (AvgIpc) is 2.76. The first-order chi connectivity index (χ1) is 7.78. The number of hydrogen-bond acceptors (Lipinski definition) is 4. The van der Waals surface area contributed by atoms with Crippen LogP contribution in [0.15, 0.2) is 10.6 Å². The van der Waals surface area contributed by atoms with Crippen LogP contribution >= 0.6 is 0 Å². The summed E-state index contributed by atoms with van der Waals surface area (Å²) in [6, 6.07) is 0.467. The molecule has 0 spiro atoms. The molecule has 4 nitrogen and oxygen atoms in total. The molecule has 16 heavy (non-hydrogen) atoms. The molecule has 5 heteroatoms. The quantitative estimate of drug-likeness (QED) is 0.863. The van der Waals surface area contributed by atoms with Crippen LogP contribution in [0.5, 0.6) is 0 Å². The lowest BCUT2D eigenvalue weighted by Crippen LogP contribution is -2.35. The van der Waals surface area contributed by atoms with E-state index in [1.165, 1.54) is 0 Å². The molecule has 0 saturated carbocycles. The van der Waals surface area contributed by atoms with Gasteiger partial charge < -0.3 is 9.73 Å². The summed E-state index contributed by atoms with van der Waals surface area (Å²) in [5.74, 6) is 3.33. The molecule has 90 valence electrons. The minimum atomic E-state index is -0.585. The molecule has 2 heterocycles. The summed E-state index contributed by atoms with van der Waals surface area (Å²) in [6.07, 6.45) is 4.66. The Morgan fingerprint density at radius 2 is 2.31 bits per heavy atom. The second kappa shape index (κ2) is 5.59. The van der Waals surface area contributed by atoms with Gasteiger partial charge in [-0.2, -0.15) is 0 Å². The van der Waals surface area contributed by atoms with Crippen molar-refractivity contribution in [3.8, 4) is 0 Å². The van der Waals surface area contributed by atoms with Crippen LogP contribution < -0.4 is 5.32 Å². The van der Waals surface area contributed by atoms with Gasteiger partial charge in [-0.1, -0.05) is 6.92 Å². The molecule has 0 aliphatic carbocycles. The van der Waals surface area contributed by atoms with Gasteiger partial charge in [0.1, 0.15) is 5.76 Å². The molecule has 1 fully saturated rings. The Morgan fingerprint density at radius 1 is 1.56 bits per heavy atom. The van der Waals surface area contributed by atoms with Crippen LogP contribution in [0.3, 0.4) is 0 Å². The standard InChI is InChI=1S/C11H18N2O2S/c1-2-10-7-13-11(15-10)8-12-9-3-5-16(14)6-4-9/h7,9,12H,2-6,8H2,1H3. The van der Waals surface area contributed by atoms with Crippen molar-refractivity contribution in [3.63, 3.8) is 0 Å². The number of nitrogens with zero attached hydrogens (tertiary/aromatic N) is 1. The van der Waals surface area contributed by atoms with Crippen LogP contribution in [0.2, 0.25) is 0 Å². The van der Waals surface area contributed by atoms with Crippen LogP contribution in [-0.2, 0) is 23.8 Å². The van der Waals surface area contributed by atoms with Gasteiger partial charge in [-0.25, -0.2) is 4.98 Å². The van der Waals surface area contributed by atoms with Crippen molar-refractivity contribution in [2.24, 2.45) is 0 Å². The highest BCUT2D eigenvalue weighted by Crippen LogP contribution is 2.10. The fourth-order valence-electron chi connectivity index (χ4n) is 1.82. The normalized spacial score (nSPS) is 25.8. The van der Waals surface area contributed by atoms with Crippen molar-refractivity contribution in [2.45, 2.75) is 38.8 Å². The minimum absolute atomic E-state index is 0.467. The Balaban J connectivity index is 1.76. The molecule has 0 bridgehead atoms. The van der Waals surface area contributed by atoms with E-state index >= 15 is 0 Å². The third-order valence-corrected chi connectivity index (χ3v) is 4.26. The van der Waals surface area contributed by atoms with Gasteiger partial charge in [0.05, 0.1) is 12.7 Å². The van der Waals surface area contributed by atoms with Gasteiger partial charge in [0.25, 0.3) is 0 Å². The Bertz CT molecular complexity index is 355. The Labute approximate surface area is 98.3 Å². The molecular weight excluding hydrogens is 224 g/mol. The molecule has 1 N–H and O–H groups in total. The maximum atomic E-state index is 11.2. The summed E-state index contributed by atoms with van der Waals surface area (Å²) >= 11 is 0. The molecule has 0 aromatic carbocycles. The minimum Gasteiger partial charge on any atom is -0.444 e. The summed E-state index contributed by atoms with van der Waals surface area (Å²) in [7, 11) is -0.585. The van der Waals surface area contributed by atoms with E-state index in [2.05, 4.69) is 10.3 Å². The van der Waals surface area contributed by atoms with Crippen LogP contribution in [0.1, 0.15) is 31.4 Å². The molecule has 0 unspecified atom stereocenters. The van der Waals surface area contributed by atoms with Crippen molar-refractivity contribution >= 4 is 10.8 Å². The first-order valence-electron chi connectivity index (χ1n) is 5.80. The van der Waals surface area contributed by atoms with Crippen molar-refractivity contribution in [2.75, 3.05) is 11.5 Å². The van der Waals surface area contributed by atoms with E-state index in [-0.39, 0.29) is 0 Å². The smallest absolute Gasteiger partial charge is 0.208 e. The molecule has 1 aliphatic heterocycles. The zero-order chi connectivity index (χ0) is 11.4. The maximum Gasteiger partial charge on any atom is 0.208 e. The summed E-state index contributed by atoms with van der Waals surface area (Å²) in [4.78, 5) is 4.20. The lowest BCUT2D eigenvalue weighted by molar-refractivity contribution is 0.402. The van der Waals surface area contributed by atoms with Gasteiger partial charge in [0, 0.05) is 34.8 Å². The number of aromatic nitrogens is 1. The number of hydrogen-bond donors (Lipinski definition) is 1. The highest BCUT2D eigenvalue weighted by atomic mass is 32.2. The second-order valence-electron chi connectivity index (χ2n) is 4.08. The first-order valence-corrected chi connectivity index (χ1v) is 7.28. The first kappa shape index (κ1) is 11.8. The third-order valence-electron chi connectivity index (χ3n) is 2.88. The van der Waals surface area contributed by atoms with Crippen molar-refractivity contribution in [1.82, 2.24) is 10.3 Å². The van der Waals surface area contributed by atoms with Gasteiger partial charge >= 0.3 is 0 Å². The monoisotopic (exact) mass is 242 g/mol. The average molecular weight is 242 g/mol. The maximum absolute atomic E-state index is 11.2. The second-order valence-corrected chi connectivity index (χ2v) is 5.77. The highest BCUT2D eigenvalue weighted by Gasteiger charge is 2.17. The number of nitrogens with one attached hydrogen (secondary N) is 1. The fourth-order valence-corrected chi connectivity index (χ4v) is 3.12. The zero-order valence-electron chi connectivity index (χ0n) is 9.57. The van der Waals surface area contributed by atoms with Gasteiger partial charge in [-0.15, -0.1) is 0 Å². The molecule has 0 radical (unpaired) electrons.